The van der Waals surface area contributed by atoms with Gasteiger partial charge in [-0.25, -0.2) is 0 Å². The summed E-state index contributed by atoms with van der Waals surface area (Å²) in [7, 11) is 1.59. The molecule has 1 aromatic heterocycles. The number of hydrogen-bond donors (Lipinski definition) is 0. The molecule has 0 saturated carbocycles. The standard InChI is InChI=1S/C24H25NO6/c1-15-11-25(12-16(2)31-15)23(26)14-29-19-8-9-20-22(10-19)30-13-21(24(20)27)17-4-6-18(28-3)7-5-17/h4-10,13,15-16H,11-12,14H2,1-3H3/t15-,16-/m1/s1. The normalized spacial score (nSPS) is 18.7. The van der Waals surface area contributed by atoms with Gasteiger partial charge in [0.25, 0.3) is 5.91 Å². The summed E-state index contributed by atoms with van der Waals surface area (Å²) in [5, 5.41) is 0.447. The number of carbonyl (C=O) groups excluding carboxylic acids is 1. The van der Waals surface area contributed by atoms with Crippen LogP contribution in [0.2, 0.25) is 0 Å². The zero-order chi connectivity index (χ0) is 22.0. The second-order valence-corrected chi connectivity index (χ2v) is 7.71. The average molecular weight is 423 g/mol. The number of fused-ring (bicyclic) bond motifs is 1. The summed E-state index contributed by atoms with van der Waals surface area (Å²) < 4.78 is 22.2. The van der Waals surface area contributed by atoms with Crippen LogP contribution in [0.25, 0.3) is 22.1 Å². The monoisotopic (exact) mass is 423 g/mol. The zero-order valence-corrected chi connectivity index (χ0v) is 17.8. The molecule has 1 aliphatic heterocycles. The fraction of sp³-hybridized carbons (Fsp3) is 0.333. The van der Waals surface area contributed by atoms with E-state index in [1.54, 1.807) is 42.3 Å². The third-order valence-corrected chi connectivity index (χ3v) is 5.28. The molecule has 1 amide bonds. The van der Waals surface area contributed by atoms with Gasteiger partial charge >= 0.3 is 0 Å². The number of benzene rings is 2. The predicted molar refractivity (Wildman–Crippen MR) is 117 cm³/mol. The Morgan fingerprint density at radius 3 is 2.42 bits per heavy atom. The van der Waals surface area contributed by atoms with Crippen molar-refractivity contribution >= 4 is 16.9 Å². The van der Waals surface area contributed by atoms with Crippen molar-refractivity contribution in [2.24, 2.45) is 0 Å². The Morgan fingerprint density at radius 1 is 1.06 bits per heavy atom. The van der Waals surface area contributed by atoms with Crippen molar-refractivity contribution in [2.75, 3.05) is 26.8 Å². The highest BCUT2D eigenvalue weighted by atomic mass is 16.5. The van der Waals surface area contributed by atoms with Crippen LogP contribution < -0.4 is 14.9 Å². The minimum atomic E-state index is -0.134. The molecule has 3 aromatic rings. The lowest BCUT2D eigenvalue weighted by Crippen LogP contribution is -2.49. The third kappa shape index (κ3) is 4.56. The number of ether oxygens (including phenoxy) is 3. The van der Waals surface area contributed by atoms with Gasteiger partial charge in [0, 0.05) is 19.2 Å². The summed E-state index contributed by atoms with van der Waals surface area (Å²) >= 11 is 0. The number of carbonyl (C=O) groups is 1. The van der Waals surface area contributed by atoms with Crippen LogP contribution in [-0.4, -0.2) is 49.8 Å². The van der Waals surface area contributed by atoms with Crippen LogP contribution in [0.1, 0.15) is 13.8 Å². The first kappa shape index (κ1) is 20.9. The molecule has 0 bridgehead atoms. The molecule has 4 rings (SSSR count). The summed E-state index contributed by atoms with van der Waals surface area (Å²) in [4.78, 5) is 27.2. The van der Waals surface area contributed by atoms with Gasteiger partial charge in [-0.05, 0) is 43.7 Å². The SMILES string of the molecule is COc1ccc(-c2coc3cc(OCC(=O)N4C[C@@H](C)O[C@H](C)C4)ccc3c2=O)cc1. The Morgan fingerprint density at radius 2 is 1.74 bits per heavy atom. The fourth-order valence-electron chi connectivity index (χ4n) is 3.79. The topological polar surface area (TPSA) is 78.2 Å². The molecule has 2 heterocycles. The van der Waals surface area contributed by atoms with Crippen molar-refractivity contribution in [1.82, 2.24) is 4.90 Å². The molecule has 31 heavy (non-hydrogen) atoms. The van der Waals surface area contributed by atoms with Crippen molar-refractivity contribution in [3.63, 3.8) is 0 Å². The number of amides is 1. The highest BCUT2D eigenvalue weighted by molar-refractivity contribution is 5.83. The van der Waals surface area contributed by atoms with E-state index in [0.29, 0.717) is 41.1 Å². The number of hydrogen-bond acceptors (Lipinski definition) is 6. The van der Waals surface area contributed by atoms with E-state index < -0.39 is 0 Å². The quantitative estimate of drug-likeness (QED) is 0.625. The first-order valence-corrected chi connectivity index (χ1v) is 10.2. The minimum Gasteiger partial charge on any atom is -0.497 e. The lowest BCUT2D eigenvalue weighted by Gasteiger charge is -2.35. The van der Waals surface area contributed by atoms with Gasteiger partial charge in [0.05, 0.1) is 30.3 Å². The summed E-state index contributed by atoms with van der Waals surface area (Å²) in [6, 6.07) is 12.2. The molecule has 0 N–H and O–H groups in total. The van der Waals surface area contributed by atoms with Gasteiger partial charge in [0.1, 0.15) is 23.3 Å². The number of nitrogens with zero attached hydrogens (tertiary/aromatic N) is 1. The van der Waals surface area contributed by atoms with Gasteiger partial charge in [-0.3, -0.25) is 9.59 Å². The van der Waals surface area contributed by atoms with Crippen LogP contribution in [0.4, 0.5) is 0 Å². The Bertz CT molecular complexity index is 1130. The lowest BCUT2D eigenvalue weighted by atomic mass is 10.1. The largest absolute Gasteiger partial charge is 0.497 e. The summed E-state index contributed by atoms with van der Waals surface area (Å²) in [5.74, 6) is 1.08. The molecule has 0 spiro atoms. The van der Waals surface area contributed by atoms with Crippen LogP contribution in [0.3, 0.4) is 0 Å². The van der Waals surface area contributed by atoms with Crippen LogP contribution >= 0.6 is 0 Å². The van der Waals surface area contributed by atoms with E-state index in [2.05, 4.69) is 0 Å². The molecule has 2 atom stereocenters. The highest BCUT2D eigenvalue weighted by Crippen LogP contribution is 2.24. The lowest BCUT2D eigenvalue weighted by molar-refractivity contribution is -0.145. The minimum absolute atomic E-state index is 0.00235. The Labute approximate surface area is 180 Å². The number of methoxy groups -OCH3 is 1. The van der Waals surface area contributed by atoms with Crippen molar-refractivity contribution in [1.29, 1.82) is 0 Å². The second kappa shape index (κ2) is 8.81. The summed E-state index contributed by atoms with van der Waals surface area (Å²) in [6.45, 7) is 4.91. The summed E-state index contributed by atoms with van der Waals surface area (Å²) in [5.41, 5.74) is 1.48. The van der Waals surface area contributed by atoms with E-state index in [1.165, 1.54) is 6.26 Å². The second-order valence-electron chi connectivity index (χ2n) is 7.71. The van der Waals surface area contributed by atoms with E-state index >= 15 is 0 Å². The van der Waals surface area contributed by atoms with Crippen LogP contribution in [0, 0.1) is 0 Å². The maximum Gasteiger partial charge on any atom is 0.260 e. The summed E-state index contributed by atoms with van der Waals surface area (Å²) in [6.07, 6.45) is 1.45. The molecular weight excluding hydrogens is 398 g/mol. The van der Waals surface area contributed by atoms with Gasteiger partial charge in [0.2, 0.25) is 0 Å². The van der Waals surface area contributed by atoms with Crippen molar-refractivity contribution in [3.8, 4) is 22.6 Å². The Balaban J connectivity index is 1.49. The van der Waals surface area contributed by atoms with Gasteiger partial charge in [-0.15, -0.1) is 0 Å². The van der Waals surface area contributed by atoms with E-state index in [9.17, 15) is 9.59 Å². The molecular formula is C24H25NO6. The molecule has 1 aliphatic rings. The molecule has 0 radical (unpaired) electrons. The first-order chi connectivity index (χ1) is 14.9. The Kier molecular flexibility index (Phi) is 5.95. The molecule has 7 nitrogen and oxygen atoms in total. The fourth-order valence-corrected chi connectivity index (χ4v) is 3.79. The average Bonchev–Trinajstić information content (AvgIpc) is 2.77. The van der Waals surface area contributed by atoms with Gasteiger partial charge in [-0.2, -0.15) is 0 Å². The van der Waals surface area contributed by atoms with Crippen molar-refractivity contribution < 1.29 is 23.4 Å². The maximum atomic E-state index is 12.9. The van der Waals surface area contributed by atoms with Crippen LogP contribution in [0.5, 0.6) is 11.5 Å². The van der Waals surface area contributed by atoms with Crippen LogP contribution in [0.15, 0.2) is 57.9 Å². The van der Waals surface area contributed by atoms with Gasteiger partial charge in [0.15, 0.2) is 12.0 Å². The Hall–Kier alpha value is -3.32. The van der Waals surface area contributed by atoms with E-state index in [-0.39, 0.29) is 30.2 Å². The maximum absolute atomic E-state index is 12.9. The van der Waals surface area contributed by atoms with E-state index in [4.69, 9.17) is 18.6 Å². The third-order valence-electron chi connectivity index (χ3n) is 5.28. The smallest absolute Gasteiger partial charge is 0.260 e. The molecule has 0 unspecified atom stereocenters. The zero-order valence-electron chi connectivity index (χ0n) is 17.8. The van der Waals surface area contributed by atoms with E-state index in [0.717, 1.165) is 5.56 Å². The molecule has 7 heteroatoms. The van der Waals surface area contributed by atoms with Crippen molar-refractivity contribution in [2.45, 2.75) is 26.1 Å². The molecule has 1 fully saturated rings. The highest BCUT2D eigenvalue weighted by Gasteiger charge is 2.26. The molecule has 0 aliphatic carbocycles. The van der Waals surface area contributed by atoms with E-state index in [1.807, 2.05) is 26.0 Å². The molecule has 2 aromatic carbocycles. The first-order valence-electron chi connectivity index (χ1n) is 10.2. The number of morpholine rings is 1. The van der Waals surface area contributed by atoms with Crippen LogP contribution in [-0.2, 0) is 9.53 Å². The molecule has 1 saturated heterocycles. The predicted octanol–water partition coefficient (Wildman–Crippen LogP) is 3.48. The number of rotatable bonds is 5. The van der Waals surface area contributed by atoms with Crippen molar-refractivity contribution in [3.05, 3.63) is 59.0 Å². The van der Waals surface area contributed by atoms with Gasteiger partial charge < -0.3 is 23.5 Å². The molecule has 162 valence electrons. The van der Waals surface area contributed by atoms with Gasteiger partial charge in [-0.1, -0.05) is 12.1 Å².